The van der Waals surface area contributed by atoms with Crippen LogP contribution in [0.4, 0.5) is 5.69 Å². The Morgan fingerprint density at radius 2 is 1.42 bits per heavy atom. The number of imide groups is 1. The molecule has 138 valence electrons. The van der Waals surface area contributed by atoms with Crippen LogP contribution in [0.2, 0.25) is 0 Å². The van der Waals surface area contributed by atoms with Crippen LogP contribution in [0, 0.1) is 0 Å². The van der Waals surface area contributed by atoms with E-state index >= 15 is 0 Å². The van der Waals surface area contributed by atoms with Crippen molar-refractivity contribution in [2.45, 2.75) is 44.9 Å². The van der Waals surface area contributed by atoms with Gasteiger partial charge >= 0.3 is 0 Å². The number of nitrogens with zero attached hydrogens (tertiary/aromatic N) is 2. The van der Waals surface area contributed by atoms with Gasteiger partial charge in [-0.25, -0.2) is 4.90 Å². The van der Waals surface area contributed by atoms with Crippen LogP contribution in [0.25, 0.3) is 0 Å². The van der Waals surface area contributed by atoms with Gasteiger partial charge in [-0.3, -0.25) is 14.5 Å². The molecule has 0 spiro atoms. The highest BCUT2D eigenvalue weighted by molar-refractivity contribution is 6.33. The summed E-state index contributed by atoms with van der Waals surface area (Å²) >= 11 is 0. The van der Waals surface area contributed by atoms with Crippen LogP contribution in [-0.4, -0.2) is 43.0 Å². The van der Waals surface area contributed by atoms with Crippen molar-refractivity contribution in [1.29, 1.82) is 0 Å². The zero-order valence-corrected chi connectivity index (χ0v) is 15.2. The van der Waals surface area contributed by atoms with Gasteiger partial charge in [0.1, 0.15) is 12.4 Å². The molecule has 0 saturated carbocycles. The summed E-state index contributed by atoms with van der Waals surface area (Å²) in [6.45, 7) is 3.94. The first-order valence-electron chi connectivity index (χ1n) is 9.80. The standard InChI is InChI=1S/C21H26N2O3/c24-20-18-6-2-3-7-19(18)21(25)23(20)16-8-10-17(11-9-16)26-15-14-22-12-4-1-5-13-22/h8-11H,1-7,12-15H2. The van der Waals surface area contributed by atoms with E-state index < -0.39 is 0 Å². The Balaban J connectivity index is 1.36. The molecule has 0 atom stereocenters. The molecule has 26 heavy (non-hydrogen) atoms. The van der Waals surface area contributed by atoms with Gasteiger partial charge in [-0.1, -0.05) is 6.42 Å². The topological polar surface area (TPSA) is 49.9 Å². The molecule has 2 amide bonds. The van der Waals surface area contributed by atoms with Crippen LogP contribution in [-0.2, 0) is 9.59 Å². The third-order valence-electron chi connectivity index (χ3n) is 5.61. The minimum absolute atomic E-state index is 0.136. The fourth-order valence-electron chi connectivity index (χ4n) is 4.14. The quantitative estimate of drug-likeness (QED) is 0.762. The normalized spacial score (nSPS) is 21.3. The number of piperidine rings is 1. The molecule has 0 bridgehead atoms. The van der Waals surface area contributed by atoms with Gasteiger partial charge in [0.15, 0.2) is 0 Å². The number of benzene rings is 1. The third kappa shape index (κ3) is 3.40. The smallest absolute Gasteiger partial charge is 0.261 e. The number of rotatable bonds is 5. The summed E-state index contributed by atoms with van der Waals surface area (Å²) in [5, 5.41) is 0. The summed E-state index contributed by atoms with van der Waals surface area (Å²) < 4.78 is 5.83. The molecule has 1 aromatic rings. The van der Waals surface area contributed by atoms with E-state index in [0.717, 1.165) is 49.1 Å². The van der Waals surface area contributed by atoms with Crippen LogP contribution in [0.3, 0.4) is 0 Å². The minimum atomic E-state index is -0.136. The van der Waals surface area contributed by atoms with E-state index in [0.29, 0.717) is 12.3 Å². The van der Waals surface area contributed by atoms with Crippen LogP contribution < -0.4 is 9.64 Å². The van der Waals surface area contributed by atoms with E-state index in [1.54, 1.807) is 0 Å². The monoisotopic (exact) mass is 354 g/mol. The van der Waals surface area contributed by atoms with Gasteiger partial charge in [-0.15, -0.1) is 0 Å². The lowest BCUT2D eigenvalue weighted by Crippen LogP contribution is -2.33. The van der Waals surface area contributed by atoms with Crippen molar-refractivity contribution in [1.82, 2.24) is 4.90 Å². The van der Waals surface area contributed by atoms with Crippen molar-refractivity contribution in [3.63, 3.8) is 0 Å². The lowest BCUT2D eigenvalue weighted by Gasteiger charge is -2.26. The fourth-order valence-corrected chi connectivity index (χ4v) is 4.14. The van der Waals surface area contributed by atoms with Crippen molar-refractivity contribution >= 4 is 17.5 Å². The largest absolute Gasteiger partial charge is 0.492 e. The number of carbonyl (C=O) groups excluding carboxylic acids is 2. The number of hydrogen-bond donors (Lipinski definition) is 0. The number of anilines is 1. The first-order chi connectivity index (χ1) is 12.7. The minimum Gasteiger partial charge on any atom is -0.492 e. The first-order valence-corrected chi connectivity index (χ1v) is 9.80. The molecule has 4 rings (SSSR count). The average molecular weight is 354 g/mol. The van der Waals surface area contributed by atoms with Crippen LogP contribution >= 0.6 is 0 Å². The maximum absolute atomic E-state index is 12.6. The van der Waals surface area contributed by atoms with Gasteiger partial charge in [0, 0.05) is 17.7 Å². The Labute approximate surface area is 154 Å². The van der Waals surface area contributed by atoms with Crippen LogP contribution in [0.15, 0.2) is 35.4 Å². The van der Waals surface area contributed by atoms with Crippen molar-refractivity contribution in [3.8, 4) is 5.75 Å². The predicted molar refractivity (Wildman–Crippen MR) is 100 cm³/mol. The molecule has 5 nitrogen and oxygen atoms in total. The summed E-state index contributed by atoms with van der Waals surface area (Å²) in [6.07, 6.45) is 7.35. The SMILES string of the molecule is O=C1C2=C(CCCC2)C(=O)N1c1ccc(OCCN2CCCCC2)cc1. The highest BCUT2D eigenvalue weighted by Gasteiger charge is 2.39. The number of carbonyl (C=O) groups is 2. The molecule has 1 saturated heterocycles. The van der Waals surface area contributed by atoms with Crippen molar-refractivity contribution in [2.75, 3.05) is 31.1 Å². The lowest BCUT2D eigenvalue weighted by molar-refractivity contribution is -0.120. The second kappa shape index (κ2) is 7.62. The summed E-state index contributed by atoms with van der Waals surface area (Å²) in [5.41, 5.74) is 2.09. The summed E-state index contributed by atoms with van der Waals surface area (Å²) in [4.78, 5) is 29.0. The molecule has 5 heteroatoms. The van der Waals surface area contributed by atoms with Crippen LogP contribution in [0.1, 0.15) is 44.9 Å². The number of amides is 2. The maximum atomic E-state index is 12.6. The molecule has 2 aliphatic heterocycles. The van der Waals surface area contributed by atoms with Crippen molar-refractivity contribution in [2.24, 2.45) is 0 Å². The van der Waals surface area contributed by atoms with Crippen molar-refractivity contribution in [3.05, 3.63) is 35.4 Å². The molecule has 0 radical (unpaired) electrons. The zero-order chi connectivity index (χ0) is 17.9. The Hall–Kier alpha value is -2.14. The Bertz CT molecular complexity index is 689. The first kappa shape index (κ1) is 17.3. The second-order valence-electron chi connectivity index (χ2n) is 7.35. The third-order valence-corrected chi connectivity index (χ3v) is 5.61. The van der Waals surface area contributed by atoms with E-state index in [-0.39, 0.29) is 11.8 Å². The lowest BCUT2D eigenvalue weighted by atomic mass is 9.93. The Morgan fingerprint density at radius 3 is 2.04 bits per heavy atom. The highest BCUT2D eigenvalue weighted by atomic mass is 16.5. The number of hydrogen-bond acceptors (Lipinski definition) is 4. The molecular weight excluding hydrogens is 328 g/mol. The van der Waals surface area contributed by atoms with E-state index in [4.69, 9.17) is 4.74 Å². The molecule has 3 aliphatic rings. The van der Waals surface area contributed by atoms with Gasteiger partial charge in [0.2, 0.25) is 0 Å². The van der Waals surface area contributed by atoms with Crippen LogP contribution in [0.5, 0.6) is 5.75 Å². The summed E-state index contributed by atoms with van der Waals surface area (Å²) in [7, 11) is 0. The summed E-state index contributed by atoms with van der Waals surface area (Å²) in [6, 6.07) is 7.32. The molecule has 0 unspecified atom stereocenters. The van der Waals surface area contributed by atoms with Gasteiger partial charge in [-0.05, 0) is 75.9 Å². The molecular formula is C21H26N2O3. The predicted octanol–water partition coefficient (Wildman–Crippen LogP) is 3.30. The fraction of sp³-hybridized carbons (Fsp3) is 0.524. The summed E-state index contributed by atoms with van der Waals surface area (Å²) in [5.74, 6) is 0.509. The van der Waals surface area contributed by atoms with E-state index in [9.17, 15) is 9.59 Å². The average Bonchev–Trinajstić information content (AvgIpc) is 2.94. The number of ether oxygens (including phenoxy) is 1. The van der Waals surface area contributed by atoms with E-state index in [1.807, 2.05) is 24.3 Å². The van der Waals surface area contributed by atoms with Gasteiger partial charge < -0.3 is 4.74 Å². The molecule has 1 aromatic carbocycles. The second-order valence-corrected chi connectivity index (χ2v) is 7.35. The van der Waals surface area contributed by atoms with Gasteiger partial charge in [0.25, 0.3) is 11.8 Å². The highest BCUT2D eigenvalue weighted by Crippen LogP contribution is 2.35. The zero-order valence-electron chi connectivity index (χ0n) is 15.2. The van der Waals surface area contributed by atoms with E-state index in [2.05, 4.69) is 4.90 Å². The molecule has 1 aliphatic carbocycles. The molecule has 0 aromatic heterocycles. The Kier molecular flexibility index (Phi) is 5.07. The van der Waals surface area contributed by atoms with Gasteiger partial charge in [0.05, 0.1) is 5.69 Å². The number of likely N-dealkylation sites (tertiary alicyclic amines) is 1. The molecule has 1 fully saturated rings. The van der Waals surface area contributed by atoms with Crippen molar-refractivity contribution < 1.29 is 14.3 Å². The van der Waals surface area contributed by atoms with Gasteiger partial charge in [-0.2, -0.15) is 0 Å². The molecule has 2 heterocycles. The molecule has 0 N–H and O–H groups in total. The van der Waals surface area contributed by atoms with E-state index in [1.165, 1.54) is 37.3 Å². The maximum Gasteiger partial charge on any atom is 0.261 e. The Morgan fingerprint density at radius 1 is 0.808 bits per heavy atom.